The van der Waals surface area contributed by atoms with Crippen molar-refractivity contribution in [3.63, 3.8) is 0 Å². The van der Waals surface area contributed by atoms with Crippen molar-refractivity contribution in [3.05, 3.63) is 0 Å². The van der Waals surface area contributed by atoms with Gasteiger partial charge in [0.05, 0.1) is 6.54 Å². The van der Waals surface area contributed by atoms with Crippen LogP contribution < -0.4 is 10.6 Å². The first kappa shape index (κ1) is 14.4. The van der Waals surface area contributed by atoms with Crippen molar-refractivity contribution in [2.24, 2.45) is 0 Å². The minimum absolute atomic E-state index is 0.0993. The molecule has 3 nitrogen and oxygen atoms in total. The van der Waals surface area contributed by atoms with Crippen LogP contribution in [0.5, 0.6) is 0 Å². The first-order chi connectivity index (χ1) is 7.10. The van der Waals surface area contributed by atoms with E-state index in [9.17, 15) is 4.79 Å². The zero-order chi connectivity index (χ0) is 11.7. The Labute approximate surface area is 94.0 Å². The molecular weight excluding hydrogens is 188 g/mol. The lowest BCUT2D eigenvalue weighted by Gasteiger charge is -2.17. The Bertz CT molecular complexity index is 163. The summed E-state index contributed by atoms with van der Waals surface area (Å²) in [5.41, 5.74) is 0. The van der Waals surface area contributed by atoms with Gasteiger partial charge < -0.3 is 10.6 Å². The second-order valence-corrected chi connectivity index (χ2v) is 4.38. The molecule has 0 saturated heterocycles. The number of carbonyl (C=O) groups excluding carboxylic acids is 1. The fourth-order valence-corrected chi connectivity index (χ4v) is 1.66. The molecule has 1 amide bonds. The van der Waals surface area contributed by atoms with Gasteiger partial charge >= 0.3 is 0 Å². The Balaban J connectivity index is 3.72. The third-order valence-corrected chi connectivity index (χ3v) is 2.28. The van der Waals surface area contributed by atoms with Crippen LogP contribution in [0.2, 0.25) is 0 Å². The summed E-state index contributed by atoms with van der Waals surface area (Å²) in [5.74, 6) is 0.0993. The van der Waals surface area contributed by atoms with Crippen molar-refractivity contribution in [3.8, 4) is 0 Å². The second-order valence-electron chi connectivity index (χ2n) is 4.38. The zero-order valence-electron chi connectivity index (χ0n) is 10.6. The molecule has 0 heterocycles. The normalized spacial score (nSPS) is 11.1. The molecule has 0 atom stereocenters. The van der Waals surface area contributed by atoms with E-state index in [4.69, 9.17) is 0 Å². The fraction of sp³-hybridized carbons (Fsp3) is 0.917. The van der Waals surface area contributed by atoms with Crippen LogP contribution in [-0.4, -0.2) is 24.5 Å². The van der Waals surface area contributed by atoms with Crippen LogP contribution in [0.1, 0.15) is 53.4 Å². The molecule has 0 aliphatic carbocycles. The highest BCUT2D eigenvalue weighted by Crippen LogP contribution is 2.03. The van der Waals surface area contributed by atoms with Gasteiger partial charge in [-0.3, -0.25) is 4.79 Å². The summed E-state index contributed by atoms with van der Waals surface area (Å²) in [6.45, 7) is 8.76. The minimum atomic E-state index is 0.0993. The van der Waals surface area contributed by atoms with Crippen LogP contribution in [0.4, 0.5) is 0 Å². The largest absolute Gasteiger partial charge is 0.353 e. The van der Waals surface area contributed by atoms with Gasteiger partial charge in [-0.05, 0) is 26.7 Å². The fourth-order valence-electron chi connectivity index (χ4n) is 1.66. The predicted molar refractivity (Wildman–Crippen MR) is 64.9 cm³/mol. The van der Waals surface area contributed by atoms with Crippen LogP contribution in [0, 0.1) is 0 Å². The number of hydrogen-bond acceptors (Lipinski definition) is 2. The third-order valence-electron chi connectivity index (χ3n) is 2.28. The lowest BCUT2D eigenvalue weighted by atomic mass is 10.1. The highest BCUT2D eigenvalue weighted by molar-refractivity contribution is 5.78. The molecule has 0 bridgehead atoms. The van der Waals surface area contributed by atoms with Crippen molar-refractivity contribution in [1.82, 2.24) is 10.6 Å². The number of carbonyl (C=O) groups is 1. The molecular formula is C12H26N2O. The number of amides is 1. The van der Waals surface area contributed by atoms with Gasteiger partial charge in [-0.2, -0.15) is 0 Å². The Morgan fingerprint density at radius 1 is 1.13 bits per heavy atom. The minimum Gasteiger partial charge on any atom is -0.353 e. The van der Waals surface area contributed by atoms with E-state index in [2.05, 4.69) is 24.5 Å². The first-order valence-corrected chi connectivity index (χ1v) is 6.12. The summed E-state index contributed by atoms with van der Waals surface area (Å²) >= 11 is 0. The van der Waals surface area contributed by atoms with E-state index in [-0.39, 0.29) is 11.9 Å². The van der Waals surface area contributed by atoms with Crippen molar-refractivity contribution >= 4 is 5.91 Å². The monoisotopic (exact) mass is 214 g/mol. The summed E-state index contributed by atoms with van der Waals surface area (Å²) in [6.07, 6.45) is 4.65. The molecule has 0 fully saturated rings. The molecule has 2 N–H and O–H groups in total. The van der Waals surface area contributed by atoms with Gasteiger partial charge in [0.2, 0.25) is 5.91 Å². The van der Waals surface area contributed by atoms with E-state index < -0.39 is 0 Å². The van der Waals surface area contributed by atoms with Gasteiger partial charge in [0.1, 0.15) is 0 Å². The van der Waals surface area contributed by atoms with E-state index in [0.717, 1.165) is 12.8 Å². The Morgan fingerprint density at radius 2 is 1.67 bits per heavy atom. The molecule has 90 valence electrons. The maximum Gasteiger partial charge on any atom is 0.234 e. The molecule has 0 radical (unpaired) electrons. The summed E-state index contributed by atoms with van der Waals surface area (Å²) in [5, 5.41) is 6.20. The van der Waals surface area contributed by atoms with Crippen molar-refractivity contribution in [1.29, 1.82) is 0 Å². The SMILES string of the molecule is CCCC(CCC)NCC(=O)NC(C)C. The van der Waals surface area contributed by atoms with E-state index in [1.165, 1.54) is 12.8 Å². The number of nitrogens with one attached hydrogen (secondary N) is 2. The van der Waals surface area contributed by atoms with Gasteiger partial charge in [0.15, 0.2) is 0 Å². The molecule has 0 aromatic rings. The lowest BCUT2D eigenvalue weighted by molar-refractivity contribution is -0.120. The lowest BCUT2D eigenvalue weighted by Crippen LogP contribution is -2.41. The highest BCUT2D eigenvalue weighted by Gasteiger charge is 2.08. The number of rotatable bonds is 8. The summed E-state index contributed by atoms with van der Waals surface area (Å²) < 4.78 is 0. The topological polar surface area (TPSA) is 41.1 Å². The van der Waals surface area contributed by atoms with Crippen molar-refractivity contribution < 1.29 is 4.79 Å². The van der Waals surface area contributed by atoms with Gasteiger partial charge in [-0.1, -0.05) is 26.7 Å². The molecule has 0 aliphatic heterocycles. The summed E-state index contributed by atoms with van der Waals surface area (Å²) in [4.78, 5) is 11.4. The average Bonchev–Trinajstić information content (AvgIpc) is 2.14. The summed E-state index contributed by atoms with van der Waals surface area (Å²) in [7, 11) is 0. The van der Waals surface area contributed by atoms with E-state index in [0.29, 0.717) is 12.6 Å². The molecule has 0 rings (SSSR count). The van der Waals surface area contributed by atoms with E-state index in [1.807, 2.05) is 13.8 Å². The Morgan fingerprint density at radius 3 is 2.07 bits per heavy atom. The third kappa shape index (κ3) is 8.43. The molecule has 0 saturated carbocycles. The maximum absolute atomic E-state index is 11.4. The van der Waals surface area contributed by atoms with Crippen LogP contribution in [-0.2, 0) is 4.79 Å². The first-order valence-electron chi connectivity index (χ1n) is 6.12. The Hall–Kier alpha value is -0.570. The van der Waals surface area contributed by atoms with Gasteiger partial charge in [-0.25, -0.2) is 0 Å². The van der Waals surface area contributed by atoms with Gasteiger partial charge in [0, 0.05) is 12.1 Å². The second kappa shape index (κ2) is 8.72. The Kier molecular flexibility index (Phi) is 8.38. The van der Waals surface area contributed by atoms with Gasteiger partial charge in [0.25, 0.3) is 0 Å². The molecule has 0 spiro atoms. The van der Waals surface area contributed by atoms with Crippen LogP contribution in [0.15, 0.2) is 0 Å². The molecule has 0 aliphatic rings. The standard InChI is InChI=1S/C12H26N2O/c1-5-7-11(8-6-2)13-9-12(15)14-10(3)4/h10-11,13H,5-9H2,1-4H3,(H,14,15). The van der Waals surface area contributed by atoms with E-state index >= 15 is 0 Å². The summed E-state index contributed by atoms with van der Waals surface area (Å²) in [6, 6.07) is 0.730. The number of hydrogen-bond donors (Lipinski definition) is 2. The molecule has 3 heteroatoms. The highest BCUT2D eigenvalue weighted by atomic mass is 16.1. The maximum atomic E-state index is 11.4. The van der Waals surface area contributed by atoms with Crippen LogP contribution in [0.3, 0.4) is 0 Å². The quantitative estimate of drug-likeness (QED) is 0.649. The van der Waals surface area contributed by atoms with E-state index in [1.54, 1.807) is 0 Å². The zero-order valence-corrected chi connectivity index (χ0v) is 10.6. The molecule has 0 aromatic carbocycles. The van der Waals surface area contributed by atoms with Crippen molar-refractivity contribution in [2.45, 2.75) is 65.5 Å². The average molecular weight is 214 g/mol. The van der Waals surface area contributed by atoms with Crippen LogP contribution in [0.25, 0.3) is 0 Å². The van der Waals surface area contributed by atoms with Crippen molar-refractivity contribution in [2.75, 3.05) is 6.54 Å². The van der Waals surface area contributed by atoms with Gasteiger partial charge in [-0.15, -0.1) is 0 Å². The molecule has 0 aromatic heterocycles. The predicted octanol–water partition coefficient (Wildman–Crippen LogP) is 2.07. The smallest absolute Gasteiger partial charge is 0.234 e. The molecule has 15 heavy (non-hydrogen) atoms. The molecule has 0 unspecified atom stereocenters. The van der Waals surface area contributed by atoms with Crippen LogP contribution >= 0.6 is 0 Å².